The fourth-order valence-corrected chi connectivity index (χ4v) is 18.8. The SMILES string of the molecule is CCOC(=O)CCCCC=O.Nc1ccc(-c2ccc3nc(-c4ccc(C56CC7(c8ccc(-c9nc%10ccc(-c%11ccc(N)c(N)c%11)cc%10[nH]9)cc8)CC(c8ccc(-c9nc%10ccc(-c%11ccc(N)c(N)c%11)cc%10[nH]9)cc8)(C5)CC(c5ccc(-c8nc9ccc(-c%10ccc(N)c(N)c%10)cc9[nH]8)cc5)(C6)C7)cc4)[nH]c3c2)cc1N.[B]. The van der Waals surface area contributed by atoms with Gasteiger partial charge < -0.3 is 75.3 Å². The largest absolute Gasteiger partial charge is 0.466 e. The number of unbranched alkanes of at least 4 members (excludes halogenated alkanes) is 2. The molecule has 563 valence electrons. The van der Waals surface area contributed by atoms with Gasteiger partial charge in [-0.15, -0.1) is 0 Å². The Kier molecular flexibility index (Phi) is 18.4. The summed E-state index contributed by atoms with van der Waals surface area (Å²) in [4.78, 5) is 56.0. The van der Waals surface area contributed by atoms with E-state index in [-0.39, 0.29) is 36.0 Å². The van der Waals surface area contributed by atoms with Gasteiger partial charge in [0, 0.05) is 43.5 Å². The Morgan fingerprint density at radius 3 is 0.781 bits per heavy atom. The Bertz CT molecular complexity index is 5620. The molecule has 0 aliphatic heterocycles. The number of fused-ring (bicyclic) bond motifs is 4. The number of carbonyl (C=O) groups excluding carboxylic acids is 2. The van der Waals surface area contributed by atoms with E-state index in [0.717, 1.165) is 192 Å². The molecule has 0 saturated heterocycles. The third-order valence-corrected chi connectivity index (χ3v) is 24.0. The molecule has 0 unspecified atom stereocenters. The highest BCUT2D eigenvalue weighted by Crippen LogP contribution is 2.75. The molecule has 114 heavy (non-hydrogen) atoms. The number of aromatic nitrogens is 8. The van der Waals surface area contributed by atoms with Gasteiger partial charge in [0.05, 0.1) is 96.2 Å². The van der Waals surface area contributed by atoms with Crippen LogP contribution in [0.5, 0.6) is 0 Å². The fraction of sp³-hybridized carbons (Fsp3) is 0.170. The van der Waals surface area contributed by atoms with Crippen LogP contribution in [-0.4, -0.2) is 67.1 Å². The summed E-state index contributed by atoms with van der Waals surface area (Å²) in [6.45, 7) is 2.22. The van der Waals surface area contributed by atoms with Gasteiger partial charge in [-0.1, -0.05) is 146 Å². The lowest BCUT2D eigenvalue weighted by molar-refractivity contribution is -0.143. The summed E-state index contributed by atoms with van der Waals surface area (Å²) >= 11 is 0. The molecule has 3 radical (unpaired) electrons. The number of benzene rings is 12. The van der Waals surface area contributed by atoms with Gasteiger partial charge in [-0.2, -0.15) is 0 Å². The van der Waals surface area contributed by atoms with Crippen molar-refractivity contribution in [1.29, 1.82) is 0 Å². The molecule has 0 atom stereocenters. The van der Waals surface area contributed by atoms with Crippen LogP contribution in [0.1, 0.15) is 93.4 Å². The molecule has 12 aromatic carbocycles. The van der Waals surface area contributed by atoms with E-state index in [4.69, 9.17) is 70.5 Å². The van der Waals surface area contributed by atoms with Crippen LogP contribution in [-0.2, 0) is 36.0 Å². The first kappa shape index (κ1) is 73.0. The monoisotopic (exact) mass is 1500 g/mol. The fourth-order valence-electron chi connectivity index (χ4n) is 18.8. The summed E-state index contributed by atoms with van der Waals surface area (Å²) in [5, 5.41) is 0. The molecule has 0 spiro atoms. The number of aromatic amines is 4. The minimum absolute atomic E-state index is 0. The van der Waals surface area contributed by atoms with Crippen LogP contribution in [0.15, 0.2) is 243 Å². The highest BCUT2D eigenvalue weighted by atomic mass is 16.5. The van der Waals surface area contributed by atoms with Crippen molar-refractivity contribution in [2.75, 3.05) is 52.5 Å². The number of esters is 1. The number of nitrogen functional groups attached to an aromatic ring is 8. The maximum Gasteiger partial charge on any atom is 0.305 e. The van der Waals surface area contributed by atoms with Crippen LogP contribution in [0.2, 0.25) is 0 Å². The van der Waals surface area contributed by atoms with E-state index in [0.29, 0.717) is 64.9 Å². The zero-order valence-electron chi connectivity index (χ0n) is 63.2. The quantitative estimate of drug-likeness (QED) is 0.0125. The maximum absolute atomic E-state index is 10.7. The summed E-state index contributed by atoms with van der Waals surface area (Å²) in [5.74, 6) is 3.08. The number of carbonyl (C=O) groups is 2. The van der Waals surface area contributed by atoms with Gasteiger partial charge in [-0.05, 0) is 244 Å². The van der Waals surface area contributed by atoms with Crippen LogP contribution in [0.4, 0.5) is 45.5 Å². The number of anilines is 8. The van der Waals surface area contributed by atoms with E-state index >= 15 is 0 Å². The smallest absolute Gasteiger partial charge is 0.305 e. The van der Waals surface area contributed by atoms with Crippen molar-refractivity contribution >= 4 is 110 Å². The maximum atomic E-state index is 10.7. The van der Waals surface area contributed by atoms with Gasteiger partial charge in [-0.25, -0.2) is 19.9 Å². The Hall–Kier alpha value is -13.9. The summed E-state index contributed by atoms with van der Waals surface area (Å²) in [5.41, 5.74) is 77.8. The minimum atomic E-state index is -0.268. The van der Waals surface area contributed by atoms with Gasteiger partial charge in [0.25, 0.3) is 0 Å². The molecule has 4 saturated carbocycles. The second-order valence-electron chi connectivity index (χ2n) is 31.4. The number of aldehydes is 1. The lowest BCUT2D eigenvalue weighted by Crippen LogP contribution is -2.67. The summed E-state index contributed by atoms with van der Waals surface area (Å²) < 4.78 is 4.69. The predicted octanol–water partition coefficient (Wildman–Crippen LogP) is 18.5. The number of imidazole rings is 4. The Morgan fingerprint density at radius 1 is 0.325 bits per heavy atom. The van der Waals surface area contributed by atoms with Crippen molar-refractivity contribution in [2.45, 2.75) is 92.8 Å². The number of nitrogens with zero attached hydrogens (tertiary/aromatic N) is 4. The molecule has 20 heteroatoms. The Morgan fingerprint density at radius 2 is 0.553 bits per heavy atom. The van der Waals surface area contributed by atoms with E-state index in [2.05, 4.69) is 190 Å². The molecule has 4 fully saturated rings. The third kappa shape index (κ3) is 13.4. The predicted molar refractivity (Wildman–Crippen MR) is 464 cm³/mol. The normalized spacial score (nSPS) is 18.1. The number of ether oxygens (including phenoxy) is 1. The molecule has 20 N–H and O–H groups in total. The average Bonchev–Trinajstić information content (AvgIpc) is 0.731. The molecular formula is C94H86BN16O3. The number of nitrogens with one attached hydrogen (secondary N) is 4. The third-order valence-electron chi connectivity index (χ3n) is 24.0. The Balaban J connectivity index is 0.000000729. The van der Waals surface area contributed by atoms with Crippen LogP contribution in [0.25, 0.3) is 134 Å². The number of nitrogens with two attached hydrogens (primary N) is 8. The first-order valence-corrected chi connectivity index (χ1v) is 38.4. The lowest BCUT2D eigenvalue weighted by Gasteiger charge is -2.71. The van der Waals surface area contributed by atoms with E-state index < -0.39 is 0 Å². The molecule has 20 rings (SSSR count). The van der Waals surface area contributed by atoms with E-state index in [1.807, 2.05) is 72.8 Å². The summed E-state index contributed by atoms with van der Waals surface area (Å²) in [6, 6.07) is 85.8. The second-order valence-corrected chi connectivity index (χ2v) is 31.4. The average molecular weight is 1500 g/mol. The van der Waals surface area contributed by atoms with Crippen molar-refractivity contribution in [3.8, 4) is 90.1 Å². The zero-order chi connectivity index (χ0) is 77.5. The molecule has 4 aromatic heterocycles. The molecule has 4 heterocycles. The molecule has 4 bridgehead atoms. The lowest BCUT2D eigenvalue weighted by atomic mass is 9.32. The summed E-state index contributed by atoms with van der Waals surface area (Å²) in [7, 11) is 0. The van der Waals surface area contributed by atoms with Gasteiger partial charge in [0.15, 0.2) is 0 Å². The number of hydrogen-bond donors (Lipinski definition) is 12. The molecule has 4 aliphatic carbocycles. The van der Waals surface area contributed by atoms with Gasteiger partial charge in [0.2, 0.25) is 0 Å². The molecule has 0 amide bonds. The summed E-state index contributed by atoms with van der Waals surface area (Å²) in [6.07, 6.45) is 9.19. The van der Waals surface area contributed by atoms with Crippen LogP contribution in [0, 0.1) is 0 Å². The van der Waals surface area contributed by atoms with Crippen molar-refractivity contribution < 1.29 is 14.3 Å². The van der Waals surface area contributed by atoms with Crippen LogP contribution < -0.4 is 45.9 Å². The second kappa shape index (κ2) is 28.8. The van der Waals surface area contributed by atoms with Gasteiger partial charge in [0.1, 0.15) is 29.6 Å². The van der Waals surface area contributed by atoms with E-state index in [9.17, 15) is 9.59 Å². The molecule has 19 nitrogen and oxygen atoms in total. The number of rotatable bonds is 18. The van der Waals surface area contributed by atoms with Crippen LogP contribution >= 0.6 is 0 Å². The topological polar surface area (TPSA) is 366 Å². The number of hydrogen-bond acceptors (Lipinski definition) is 15. The van der Waals surface area contributed by atoms with Crippen LogP contribution in [0.3, 0.4) is 0 Å². The first-order valence-electron chi connectivity index (χ1n) is 38.4. The highest BCUT2D eigenvalue weighted by molar-refractivity contribution is 5.91. The van der Waals surface area contributed by atoms with E-state index in [1.54, 1.807) is 6.92 Å². The minimum Gasteiger partial charge on any atom is -0.466 e. The Labute approximate surface area is 661 Å². The van der Waals surface area contributed by atoms with Crippen molar-refractivity contribution in [3.63, 3.8) is 0 Å². The van der Waals surface area contributed by atoms with Crippen molar-refractivity contribution in [3.05, 3.63) is 265 Å². The number of H-pyrrole nitrogens is 4. The molecular weight excluding hydrogens is 1410 g/mol. The van der Waals surface area contributed by atoms with Crippen molar-refractivity contribution in [2.24, 2.45) is 0 Å². The van der Waals surface area contributed by atoms with E-state index in [1.165, 1.54) is 22.3 Å². The van der Waals surface area contributed by atoms with Gasteiger partial charge >= 0.3 is 5.97 Å². The standard InChI is InChI=1S/C86H72N16.C8H14O3.B/c87-63-25-9-51(33-67(63)91)55-13-29-71-75(37-55)99-79(95-71)47-1-17-59(18-2-47)83-41-84(60-19-3-48(4-20-60)80-96-72-30-14-56(38-76(72)100-80)52-10-26-64(88)68(92)34-52)44-85(42-83,61-21-5-49(6-22-61)81-97-73-31-15-57(39-77(73)101-81)53-11-27-65(89)69(93)35-53)46-86(43-83,45-84)62-23-7-50(8-24-62)82-98-74-32-16-58(40-78(74)102-82)54-12-28-66(90)70(94)36-54;1-2-11-8(10)6-4-3-5-7-9;/h1-40H,41-46,87-94H2,(H,95,99)(H,96,100)(H,97,101)(H,98,102);7H,2-6H2,1H3;. The molecule has 16 aromatic rings. The van der Waals surface area contributed by atoms with Crippen molar-refractivity contribution in [1.82, 2.24) is 39.9 Å². The molecule has 4 aliphatic rings. The zero-order valence-corrected chi connectivity index (χ0v) is 63.2. The highest BCUT2D eigenvalue weighted by Gasteiger charge is 2.69. The van der Waals surface area contributed by atoms with Gasteiger partial charge in [-0.3, -0.25) is 4.79 Å². The first-order chi connectivity index (χ1) is 54.8.